The number of Topliss-reactive ketones (excluding diaryl/α,β-unsaturated/α-hetero) is 1. The molecule has 1 amide bonds. The zero-order chi connectivity index (χ0) is 18.5. The summed E-state index contributed by atoms with van der Waals surface area (Å²) in [6.07, 6.45) is -0.0201. The molecule has 3 rings (SSSR count). The third-order valence-electron chi connectivity index (χ3n) is 3.64. The van der Waals surface area contributed by atoms with Crippen molar-refractivity contribution in [2.24, 2.45) is 0 Å². The van der Waals surface area contributed by atoms with Gasteiger partial charge in [0.1, 0.15) is 5.82 Å². The molecule has 0 aliphatic rings. The Balaban J connectivity index is 1.54. The van der Waals surface area contributed by atoms with Gasteiger partial charge in [0.15, 0.2) is 11.5 Å². The molecule has 0 radical (unpaired) electrons. The van der Waals surface area contributed by atoms with Crippen LogP contribution in [0.3, 0.4) is 0 Å². The second kappa shape index (κ2) is 7.93. The number of nitrogens with one attached hydrogen (secondary N) is 1. The molecule has 0 atom stereocenters. The van der Waals surface area contributed by atoms with Gasteiger partial charge in [-0.3, -0.25) is 9.59 Å². The van der Waals surface area contributed by atoms with Gasteiger partial charge in [-0.1, -0.05) is 16.8 Å². The van der Waals surface area contributed by atoms with Crippen LogP contribution in [0, 0.1) is 5.82 Å². The molecule has 3 aromatic rings. The highest BCUT2D eigenvalue weighted by atomic mass is 35.5. The van der Waals surface area contributed by atoms with Crippen LogP contribution in [0.4, 0.5) is 4.39 Å². The molecule has 2 aromatic carbocycles. The lowest BCUT2D eigenvalue weighted by Gasteiger charge is -2.03. The molecule has 0 unspecified atom stereocenters. The molecule has 0 fully saturated rings. The summed E-state index contributed by atoms with van der Waals surface area (Å²) in [5.41, 5.74) is 1.57. The molecule has 0 saturated heterocycles. The summed E-state index contributed by atoms with van der Waals surface area (Å²) in [6, 6.07) is 13.8. The monoisotopic (exact) mass is 372 g/mol. The summed E-state index contributed by atoms with van der Waals surface area (Å²) in [5, 5.41) is 6.98. The largest absolute Gasteiger partial charge is 0.356 e. The second-order valence-corrected chi connectivity index (χ2v) is 6.01. The Morgan fingerprint density at radius 2 is 1.77 bits per heavy atom. The van der Waals surface area contributed by atoms with E-state index in [9.17, 15) is 14.0 Å². The van der Waals surface area contributed by atoms with Gasteiger partial charge in [0.05, 0.1) is 18.7 Å². The average molecular weight is 373 g/mol. The molecule has 1 aromatic heterocycles. The molecule has 7 heteroatoms. The molecular weight excluding hydrogens is 359 g/mol. The fourth-order valence-corrected chi connectivity index (χ4v) is 2.42. The van der Waals surface area contributed by atoms with Crippen molar-refractivity contribution in [1.82, 2.24) is 10.5 Å². The maximum absolute atomic E-state index is 12.8. The molecule has 0 spiro atoms. The first-order valence-electron chi connectivity index (χ1n) is 7.78. The SMILES string of the molecule is O=C(Cc1cc(-c2ccc(Cl)cc2)on1)NCC(=O)c1ccc(F)cc1. The van der Waals surface area contributed by atoms with Gasteiger partial charge in [0, 0.05) is 22.2 Å². The lowest BCUT2D eigenvalue weighted by atomic mass is 10.1. The number of amides is 1. The van der Waals surface area contributed by atoms with Crippen molar-refractivity contribution in [3.05, 3.63) is 76.7 Å². The predicted molar refractivity (Wildman–Crippen MR) is 94.4 cm³/mol. The fraction of sp³-hybridized carbons (Fsp3) is 0.105. The first kappa shape index (κ1) is 17.8. The van der Waals surface area contributed by atoms with Crippen LogP contribution in [-0.2, 0) is 11.2 Å². The number of benzene rings is 2. The van der Waals surface area contributed by atoms with Crippen LogP contribution in [0.15, 0.2) is 59.1 Å². The average Bonchev–Trinajstić information content (AvgIpc) is 3.09. The van der Waals surface area contributed by atoms with Gasteiger partial charge < -0.3 is 9.84 Å². The van der Waals surface area contributed by atoms with E-state index in [4.69, 9.17) is 16.1 Å². The second-order valence-electron chi connectivity index (χ2n) is 5.57. The molecule has 0 bridgehead atoms. The summed E-state index contributed by atoms with van der Waals surface area (Å²) in [7, 11) is 0. The van der Waals surface area contributed by atoms with E-state index in [-0.39, 0.29) is 24.7 Å². The van der Waals surface area contributed by atoms with Crippen molar-refractivity contribution < 1.29 is 18.5 Å². The standard InChI is InChI=1S/C19H14ClFN2O3/c20-14-5-1-13(2-6-14)18-9-16(23-26-18)10-19(25)22-11-17(24)12-3-7-15(21)8-4-12/h1-9H,10-11H2,(H,22,25). The smallest absolute Gasteiger partial charge is 0.226 e. The minimum Gasteiger partial charge on any atom is -0.356 e. The van der Waals surface area contributed by atoms with Crippen LogP contribution >= 0.6 is 11.6 Å². The van der Waals surface area contributed by atoms with Crippen LogP contribution in [-0.4, -0.2) is 23.4 Å². The van der Waals surface area contributed by atoms with E-state index in [0.717, 1.165) is 5.56 Å². The maximum atomic E-state index is 12.8. The number of ketones is 1. The Morgan fingerprint density at radius 3 is 2.46 bits per heavy atom. The predicted octanol–water partition coefficient (Wildman–Crippen LogP) is 3.68. The number of rotatable bonds is 6. The fourth-order valence-electron chi connectivity index (χ4n) is 2.29. The van der Waals surface area contributed by atoms with E-state index in [2.05, 4.69) is 10.5 Å². The van der Waals surface area contributed by atoms with Gasteiger partial charge in [-0.05, 0) is 48.5 Å². The molecule has 1 N–H and O–H groups in total. The summed E-state index contributed by atoms with van der Waals surface area (Å²) in [6.45, 7) is -0.174. The Kier molecular flexibility index (Phi) is 5.43. The number of hydrogen-bond donors (Lipinski definition) is 1. The van der Waals surface area contributed by atoms with E-state index in [1.165, 1.54) is 24.3 Å². The molecule has 1 heterocycles. The van der Waals surface area contributed by atoms with E-state index < -0.39 is 5.82 Å². The highest BCUT2D eigenvalue weighted by Crippen LogP contribution is 2.22. The number of hydrogen-bond acceptors (Lipinski definition) is 4. The summed E-state index contributed by atoms with van der Waals surface area (Å²) in [4.78, 5) is 23.9. The molecule has 0 aliphatic carbocycles. The normalized spacial score (nSPS) is 10.5. The minimum absolute atomic E-state index is 0.0201. The lowest BCUT2D eigenvalue weighted by molar-refractivity contribution is -0.120. The molecule has 5 nitrogen and oxygen atoms in total. The van der Waals surface area contributed by atoms with Crippen LogP contribution in [0.5, 0.6) is 0 Å². The zero-order valence-corrected chi connectivity index (χ0v) is 14.3. The highest BCUT2D eigenvalue weighted by molar-refractivity contribution is 6.30. The Bertz CT molecular complexity index is 921. The molecule has 132 valence electrons. The van der Waals surface area contributed by atoms with Gasteiger partial charge in [0.2, 0.25) is 5.91 Å². The van der Waals surface area contributed by atoms with Gasteiger partial charge in [-0.2, -0.15) is 0 Å². The summed E-state index contributed by atoms with van der Waals surface area (Å²) >= 11 is 5.84. The number of halogens is 2. The maximum Gasteiger partial charge on any atom is 0.226 e. The Morgan fingerprint density at radius 1 is 1.08 bits per heavy atom. The van der Waals surface area contributed by atoms with E-state index in [1.807, 2.05) is 0 Å². The first-order valence-corrected chi connectivity index (χ1v) is 8.16. The van der Waals surface area contributed by atoms with Gasteiger partial charge >= 0.3 is 0 Å². The molecule has 26 heavy (non-hydrogen) atoms. The number of carbonyl (C=O) groups is 2. The van der Waals surface area contributed by atoms with Crippen LogP contribution in [0.2, 0.25) is 5.02 Å². The lowest BCUT2D eigenvalue weighted by Crippen LogP contribution is -2.30. The van der Waals surface area contributed by atoms with Crippen molar-refractivity contribution >= 4 is 23.3 Å². The molecule has 0 aliphatic heterocycles. The quantitative estimate of drug-likeness (QED) is 0.670. The Hall–Kier alpha value is -2.99. The van der Waals surface area contributed by atoms with Crippen LogP contribution in [0.1, 0.15) is 16.1 Å². The van der Waals surface area contributed by atoms with E-state index in [1.54, 1.807) is 30.3 Å². The molecule has 0 saturated carbocycles. The summed E-state index contributed by atoms with van der Waals surface area (Å²) < 4.78 is 18.1. The summed E-state index contributed by atoms with van der Waals surface area (Å²) in [5.74, 6) is -0.572. The van der Waals surface area contributed by atoms with Gasteiger partial charge in [-0.15, -0.1) is 0 Å². The van der Waals surface area contributed by atoms with Crippen molar-refractivity contribution in [1.29, 1.82) is 0 Å². The van der Waals surface area contributed by atoms with Gasteiger partial charge in [0.25, 0.3) is 0 Å². The third-order valence-corrected chi connectivity index (χ3v) is 3.89. The third kappa shape index (κ3) is 4.55. The Labute approximate surface area is 153 Å². The van der Waals surface area contributed by atoms with Crippen molar-refractivity contribution in [2.75, 3.05) is 6.54 Å². The van der Waals surface area contributed by atoms with Crippen LogP contribution in [0.25, 0.3) is 11.3 Å². The van der Waals surface area contributed by atoms with Gasteiger partial charge in [-0.25, -0.2) is 4.39 Å². The minimum atomic E-state index is -0.423. The van der Waals surface area contributed by atoms with E-state index in [0.29, 0.717) is 22.0 Å². The topological polar surface area (TPSA) is 72.2 Å². The van der Waals surface area contributed by atoms with Crippen molar-refractivity contribution in [2.45, 2.75) is 6.42 Å². The zero-order valence-electron chi connectivity index (χ0n) is 13.5. The highest BCUT2D eigenvalue weighted by Gasteiger charge is 2.12. The van der Waals surface area contributed by atoms with Crippen molar-refractivity contribution in [3.63, 3.8) is 0 Å². The number of nitrogens with zero attached hydrogens (tertiary/aromatic N) is 1. The van der Waals surface area contributed by atoms with Crippen molar-refractivity contribution in [3.8, 4) is 11.3 Å². The van der Waals surface area contributed by atoms with E-state index >= 15 is 0 Å². The number of carbonyl (C=O) groups excluding carboxylic acids is 2. The molecular formula is C19H14ClFN2O3. The van der Waals surface area contributed by atoms with Crippen LogP contribution < -0.4 is 5.32 Å². The first-order chi connectivity index (χ1) is 12.5. The number of aromatic nitrogens is 1.